The van der Waals surface area contributed by atoms with E-state index in [1.165, 1.54) is 0 Å². The molecule has 0 aliphatic heterocycles. The first kappa shape index (κ1) is 15.4. The van der Waals surface area contributed by atoms with Crippen LogP contribution in [0, 0.1) is 11.3 Å². The molecule has 0 radical (unpaired) electrons. The number of hydrogen-bond donors (Lipinski definition) is 0. The molecule has 0 spiro atoms. The van der Waals surface area contributed by atoms with Crippen LogP contribution in [0.2, 0.25) is 0 Å². The number of benzene rings is 2. The molecule has 0 aliphatic carbocycles. The quantitative estimate of drug-likeness (QED) is 0.727. The number of alkyl halides is 1. The van der Waals surface area contributed by atoms with Crippen LogP contribution in [0.1, 0.15) is 23.6 Å². The lowest BCUT2D eigenvalue weighted by atomic mass is 10.1. The Labute approximate surface area is 133 Å². The molecule has 2 aromatic carbocycles. The van der Waals surface area contributed by atoms with E-state index in [-0.39, 0.29) is 0 Å². The molecule has 0 atom stereocenters. The summed E-state index contributed by atoms with van der Waals surface area (Å²) in [5.41, 5.74) is 2.81. The molecule has 0 aliphatic rings. The molecule has 0 unspecified atom stereocenters. The van der Waals surface area contributed by atoms with E-state index in [0.29, 0.717) is 18.8 Å². The molecule has 2 rings (SSSR count). The van der Waals surface area contributed by atoms with E-state index in [0.717, 1.165) is 28.0 Å². The predicted octanol–water partition coefficient (Wildman–Crippen LogP) is 4.43. The number of halogens is 1. The molecule has 0 aromatic heterocycles. The fourth-order valence-corrected chi connectivity index (χ4v) is 2.21. The van der Waals surface area contributed by atoms with Gasteiger partial charge in [0.2, 0.25) is 0 Å². The van der Waals surface area contributed by atoms with Gasteiger partial charge in [-0.2, -0.15) is 5.26 Å². The topological polar surface area (TPSA) is 42.2 Å². The number of nitriles is 1. The molecule has 0 fully saturated rings. The third kappa shape index (κ3) is 4.24. The molecule has 3 nitrogen and oxygen atoms in total. The summed E-state index contributed by atoms with van der Waals surface area (Å²) in [5.74, 6) is 1.48. The van der Waals surface area contributed by atoms with Crippen molar-refractivity contribution < 1.29 is 9.47 Å². The lowest BCUT2D eigenvalue weighted by Gasteiger charge is -2.13. The van der Waals surface area contributed by atoms with Crippen molar-refractivity contribution in [2.45, 2.75) is 18.9 Å². The minimum Gasteiger partial charge on any atom is -0.490 e. The van der Waals surface area contributed by atoms with Crippen molar-refractivity contribution in [3.63, 3.8) is 0 Å². The molecule has 2 aromatic rings. The van der Waals surface area contributed by atoms with Crippen LogP contribution in [0.5, 0.6) is 11.5 Å². The van der Waals surface area contributed by atoms with E-state index in [1.807, 2.05) is 37.3 Å². The second-order valence-electron chi connectivity index (χ2n) is 4.45. The minimum atomic E-state index is 0.444. The van der Waals surface area contributed by atoms with E-state index < -0.39 is 0 Å². The Bertz CT molecular complexity index is 632. The molecule has 21 heavy (non-hydrogen) atoms. The average molecular weight is 346 g/mol. The van der Waals surface area contributed by atoms with Gasteiger partial charge in [0.25, 0.3) is 0 Å². The molecule has 0 saturated carbocycles. The van der Waals surface area contributed by atoms with Crippen molar-refractivity contribution in [3.05, 3.63) is 59.2 Å². The van der Waals surface area contributed by atoms with Gasteiger partial charge in [0, 0.05) is 5.33 Å². The zero-order valence-corrected chi connectivity index (χ0v) is 13.4. The zero-order valence-electron chi connectivity index (χ0n) is 11.8. The highest BCUT2D eigenvalue weighted by Gasteiger charge is 2.06. The molecule has 0 amide bonds. The normalized spacial score (nSPS) is 9.95. The average Bonchev–Trinajstić information content (AvgIpc) is 2.54. The Kier molecular flexibility index (Phi) is 5.65. The van der Waals surface area contributed by atoms with Crippen molar-refractivity contribution in [2.75, 3.05) is 6.61 Å². The summed E-state index contributed by atoms with van der Waals surface area (Å²) in [5, 5.41) is 9.56. The van der Waals surface area contributed by atoms with E-state index in [4.69, 9.17) is 14.7 Å². The van der Waals surface area contributed by atoms with Crippen LogP contribution < -0.4 is 9.47 Å². The smallest absolute Gasteiger partial charge is 0.161 e. The SMILES string of the molecule is CCOc1cc(CBr)ccc1OCc1ccc(C#N)cc1. The molecular weight excluding hydrogens is 330 g/mol. The first-order valence-electron chi connectivity index (χ1n) is 6.70. The zero-order chi connectivity index (χ0) is 15.1. The van der Waals surface area contributed by atoms with E-state index in [9.17, 15) is 0 Å². The highest BCUT2D eigenvalue weighted by molar-refractivity contribution is 9.08. The largest absolute Gasteiger partial charge is 0.490 e. The third-order valence-corrected chi connectivity index (χ3v) is 3.59. The van der Waals surface area contributed by atoms with Crippen LogP contribution in [0.25, 0.3) is 0 Å². The van der Waals surface area contributed by atoms with Gasteiger partial charge in [0.05, 0.1) is 18.2 Å². The number of nitrogens with zero attached hydrogens (tertiary/aromatic N) is 1. The summed E-state index contributed by atoms with van der Waals surface area (Å²) in [6.45, 7) is 2.99. The summed E-state index contributed by atoms with van der Waals surface area (Å²) in [6, 6.07) is 15.4. The highest BCUT2D eigenvalue weighted by Crippen LogP contribution is 2.30. The van der Waals surface area contributed by atoms with Crippen molar-refractivity contribution in [3.8, 4) is 17.6 Å². The van der Waals surface area contributed by atoms with Gasteiger partial charge in [-0.1, -0.05) is 34.1 Å². The minimum absolute atomic E-state index is 0.444. The van der Waals surface area contributed by atoms with Gasteiger partial charge >= 0.3 is 0 Å². The monoisotopic (exact) mass is 345 g/mol. The first-order chi connectivity index (χ1) is 10.3. The Morgan fingerprint density at radius 1 is 1.00 bits per heavy atom. The van der Waals surface area contributed by atoms with Gasteiger partial charge in [-0.15, -0.1) is 0 Å². The summed E-state index contributed by atoms with van der Waals surface area (Å²) in [6.07, 6.45) is 0. The van der Waals surface area contributed by atoms with Gasteiger partial charge < -0.3 is 9.47 Å². The highest BCUT2D eigenvalue weighted by atomic mass is 79.9. The van der Waals surface area contributed by atoms with E-state index >= 15 is 0 Å². The van der Waals surface area contributed by atoms with Crippen molar-refractivity contribution in [1.29, 1.82) is 5.26 Å². The van der Waals surface area contributed by atoms with Gasteiger partial charge in [-0.05, 0) is 42.3 Å². The Hall–Kier alpha value is -1.99. The maximum atomic E-state index is 8.78. The standard InChI is InChI=1S/C17H16BrNO2/c1-2-20-17-9-15(10-18)7-8-16(17)21-12-14-5-3-13(11-19)4-6-14/h3-9H,2,10,12H2,1H3. The summed E-state index contributed by atoms with van der Waals surface area (Å²) in [7, 11) is 0. The second-order valence-corrected chi connectivity index (χ2v) is 5.01. The molecule has 0 heterocycles. The number of ether oxygens (including phenoxy) is 2. The maximum absolute atomic E-state index is 8.78. The molecule has 0 N–H and O–H groups in total. The molecule has 4 heteroatoms. The molecule has 108 valence electrons. The fourth-order valence-electron chi connectivity index (χ4n) is 1.86. The van der Waals surface area contributed by atoms with E-state index in [1.54, 1.807) is 12.1 Å². The first-order valence-corrected chi connectivity index (χ1v) is 7.82. The van der Waals surface area contributed by atoms with Crippen LogP contribution in [-0.2, 0) is 11.9 Å². The van der Waals surface area contributed by atoms with Crippen LogP contribution in [-0.4, -0.2) is 6.61 Å². The Morgan fingerprint density at radius 3 is 2.33 bits per heavy atom. The van der Waals surface area contributed by atoms with Gasteiger partial charge in [-0.3, -0.25) is 0 Å². The summed E-state index contributed by atoms with van der Waals surface area (Å²) < 4.78 is 11.4. The third-order valence-electron chi connectivity index (χ3n) is 2.94. The van der Waals surface area contributed by atoms with Crippen LogP contribution in [0.3, 0.4) is 0 Å². The fraction of sp³-hybridized carbons (Fsp3) is 0.235. The second kappa shape index (κ2) is 7.70. The van der Waals surface area contributed by atoms with Gasteiger partial charge in [-0.25, -0.2) is 0 Å². The molecule has 0 saturated heterocycles. The predicted molar refractivity (Wildman–Crippen MR) is 85.7 cm³/mol. The maximum Gasteiger partial charge on any atom is 0.161 e. The van der Waals surface area contributed by atoms with Crippen LogP contribution >= 0.6 is 15.9 Å². The number of hydrogen-bond acceptors (Lipinski definition) is 3. The van der Waals surface area contributed by atoms with E-state index in [2.05, 4.69) is 22.0 Å². The van der Waals surface area contributed by atoms with Crippen molar-refractivity contribution in [1.82, 2.24) is 0 Å². The Morgan fingerprint density at radius 2 is 1.71 bits per heavy atom. The summed E-state index contributed by atoms with van der Waals surface area (Å²) in [4.78, 5) is 0. The summed E-state index contributed by atoms with van der Waals surface area (Å²) >= 11 is 3.43. The lowest BCUT2D eigenvalue weighted by molar-refractivity contribution is 0.269. The van der Waals surface area contributed by atoms with Crippen molar-refractivity contribution in [2.24, 2.45) is 0 Å². The Balaban J connectivity index is 2.09. The molecule has 0 bridgehead atoms. The lowest BCUT2D eigenvalue weighted by Crippen LogP contribution is -2.00. The van der Waals surface area contributed by atoms with Gasteiger partial charge in [0.1, 0.15) is 6.61 Å². The molecular formula is C17H16BrNO2. The van der Waals surface area contributed by atoms with Crippen LogP contribution in [0.4, 0.5) is 0 Å². The van der Waals surface area contributed by atoms with Gasteiger partial charge in [0.15, 0.2) is 11.5 Å². The van der Waals surface area contributed by atoms with Crippen LogP contribution in [0.15, 0.2) is 42.5 Å². The van der Waals surface area contributed by atoms with Crippen molar-refractivity contribution >= 4 is 15.9 Å². The number of rotatable bonds is 6.